The van der Waals surface area contributed by atoms with Crippen molar-refractivity contribution in [3.8, 4) is 0 Å². The number of allylic oxidation sites excluding steroid dienone is 2. The summed E-state index contributed by atoms with van der Waals surface area (Å²) in [5.74, 6) is 3.30. The van der Waals surface area contributed by atoms with Gasteiger partial charge in [0.1, 0.15) is 0 Å². The summed E-state index contributed by atoms with van der Waals surface area (Å²) in [6.45, 7) is 4.00. The SMILES string of the molecule is CCC=CP(=O)(C=CCC)OC. The molecule has 0 N–H and O–H groups in total. The minimum atomic E-state index is -2.59. The second kappa shape index (κ2) is 6.22. The Labute approximate surface area is 74.8 Å². The normalized spacial score (nSPS) is 17.2. The van der Waals surface area contributed by atoms with Gasteiger partial charge in [0.15, 0.2) is 0 Å². The molecule has 0 saturated heterocycles. The van der Waals surface area contributed by atoms with Crippen LogP contribution in [0.4, 0.5) is 0 Å². The Kier molecular flexibility index (Phi) is 6.04. The predicted octanol–water partition coefficient (Wildman–Crippen LogP) is 3.76. The van der Waals surface area contributed by atoms with Gasteiger partial charge in [-0.2, -0.15) is 0 Å². The van der Waals surface area contributed by atoms with Crippen LogP contribution in [0.25, 0.3) is 0 Å². The van der Waals surface area contributed by atoms with Gasteiger partial charge in [0.05, 0.1) is 0 Å². The van der Waals surface area contributed by atoms with Gasteiger partial charge in [-0.25, -0.2) is 0 Å². The zero-order valence-electron chi connectivity index (χ0n) is 7.99. The van der Waals surface area contributed by atoms with Crippen molar-refractivity contribution in [1.29, 1.82) is 0 Å². The maximum Gasteiger partial charge on any atom is 0.246 e. The molecule has 0 aliphatic carbocycles. The molecule has 0 atom stereocenters. The van der Waals surface area contributed by atoms with Crippen LogP contribution >= 0.6 is 7.37 Å². The van der Waals surface area contributed by atoms with Gasteiger partial charge in [0, 0.05) is 18.7 Å². The van der Waals surface area contributed by atoms with E-state index in [0.29, 0.717) is 0 Å². The fraction of sp³-hybridized carbons (Fsp3) is 0.556. The summed E-state index contributed by atoms with van der Waals surface area (Å²) in [6, 6.07) is 0. The van der Waals surface area contributed by atoms with Crippen LogP contribution in [0.1, 0.15) is 26.7 Å². The van der Waals surface area contributed by atoms with Gasteiger partial charge < -0.3 is 4.52 Å². The molecule has 0 saturated carbocycles. The summed E-state index contributed by atoms with van der Waals surface area (Å²) < 4.78 is 16.6. The molecule has 0 aliphatic rings. The second-order valence-corrected chi connectivity index (χ2v) is 4.67. The van der Waals surface area contributed by atoms with Gasteiger partial charge >= 0.3 is 0 Å². The van der Waals surface area contributed by atoms with Gasteiger partial charge in [-0.3, -0.25) is 4.57 Å². The summed E-state index contributed by atoms with van der Waals surface area (Å²) in [4.78, 5) is 0. The largest absolute Gasteiger partial charge is 0.326 e. The lowest BCUT2D eigenvalue weighted by molar-refractivity contribution is 0.410. The molecule has 2 nitrogen and oxygen atoms in total. The summed E-state index contributed by atoms with van der Waals surface area (Å²) in [6.07, 6.45) is 5.50. The average molecular weight is 188 g/mol. The van der Waals surface area contributed by atoms with Crippen molar-refractivity contribution < 1.29 is 9.09 Å². The van der Waals surface area contributed by atoms with Crippen molar-refractivity contribution in [2.75, 3.05) is 7.11 Å². The molecular weight excluding hydrogens is 171 g/mol. The lowest BCUT2D eigenvalue weighted by Gasteiger charge is -2.04. The summed E-state index contributed by atoms with van der Waals surface area (Å²) in [7, 11) is -1.12. The van der Waals surface area contributed by atoms with Crippen molar-refractivity contribution in [1.82, 2.24) is 0 Å². The van der Waals surface area contributed by atoms with Crippen LogP contribution < -0.4 is 0 Å². The standard InChI is InChI=1S/C9H17O2P/c1-4-6-8-12(10,11-3)9-7-5-2/h6-9H,4-5H2,1-3H3. The number of hydrogen-bond donors (Lipinski definition) is 0. The first kappa shape index (κ1) is 11.7. The molecule has 0 fully saturated rings. The lowest BCUT2D eigenvalue weighted by atomic mass is 10.5. The van der Waals surface area contributed by atoms with Crippen molar-refractivity contribution >= 4 is 7.37 Å². The molecule has 70 valence electrons. The maximum absolute atomic E-state index is 11.7. The quantitative estimate of drug-likeness (QED) is 0.614. The van der Waals surface area contributed by atoms with E-state index in [-0.39, 0.29) is 0 Å². The molecule has 0 aliphatic heterocycles. The van der Waals surface area contributed by atoms with Gasteiger partial charge in [-0.15, -0.1) is 0 Å². The van der Waals surface area contributed by atoms with E-state index in [1.54, 1.807) is 11.6 Å². The Bertz CT molecular complexity index is 189. The van der Waals surface area contributed by atoms with E-state index in [2.05, 4.69) is 0 Å². The highest BCUT2D eigenvalue weighted by Gasteiger charge is 2.10. The molecule has 12 heavy (non-hydrogen) atoms. The van der Waals surface area contributed by atoms with Crippen molar-refractivity contribution in [3.63, 3.8) is 0 Å². The molecule has 0 heterocycles. The summed E-state index contributed by atoms with van der Waals surface area (Å²) in [5, 5.41) is 0. The predicted molar refractivity (Wildman–Crippen MR) is 53.5 cm³/mol. The molecule has 0 spiro atoms. The molecule has 0 aromatic carbocycles. The molecule has 0 bridgehead atoms. The molecule has 0 aromatic rings. The smallest absolute Gasteiger partial charge is 0.246 e. The highest BCUT2D eigenvalue weighted by molar-refractivity contribution is 7.65. The minimum absolute atomic E-state index is 0.882. The van der Waals surface area contributed by atoms with Crippen molar-refractivity contribution in [3.05, 3.63) is 23.8 Å². The average Bonchev–Trinajstić information content (AvgIpc) is 2.11. The monoisotopic (exact) mass is 188 g/mol. The molecule has 0 radical (unpaired) electrons. The van der Waals surface area contributed by atoms with E-state index in [1.807, 2.05) is 26.0 Å². The number of hydrogen-bond acceptors (Lipinski definition) is 2. The van der Waals surface area contributed by atoms with E-state index in [0.717, 1.165) is 12.8 Å². The zero-order valence-corrected chi connectivity index (χ0v) is 8.88. The van der Waals surface area contributed by atoms with Gasteiger partial charge in [-0.05, 0) is 12.8 Å². The van der Waals surface area contributed by atoms with Crippen LogP contribution in [0.2, 0.25) is 0 Å². The van der Waals surface area contributed by atoms with Crippen molar-refractivity contribution in [2.45, 2.75) is 26.7 Å². The molecular formula is C9H17O2P. The maximum atomic E-state index is 11.7. The molecule has 0 amide bonds. The third-order valence-electron chi connectivity index (χ3n) is 1.38. The zero-order chi connectivity index (χ0) is 9.45. The number of rotatable bonds is 5. The molecule has 0 rings (SSSR count). The third-order valence-corrected chi connectivity index (χ3v) is 3.21. The Morgan fingerprint density at radius 2 is 1.58 bits per heavy atom. The van der Waals surface area contributed by atoms with Crippen LogP contribution in [0.3, 0.4) is 0 Å². The fourth-order valence-corrected chi connectivity index (χ4v) is 2.03. The van der Waals surface area contributed by atoms with E-state index >= 15 is 0 Å². The highest BCUT2D eigenvalue weighted by Crippen LogP contribution is 2.49. The van der Waals surface area contributed by atoms with E-state index in [4.69, 9.17) is 4.52 Å². The van der Waals surface area contributed by atoms with E-state index in [1.165, 1.54) is 7.11 Å². The summed E-state index contributed by atoms with van der Waals surface area (Å²) in [5.41, 5.74) is 0. The fourth-order valence-electron chi connectivity index (χ4n) is 0.676. The Hall–Kier alpha value is -0.330. The molecule has 0 aromatic heterocycles. The third kappa shape index (κ3) is 4.53. The highest BCUT2D eigenvalue weighted by atomic mass is 31.2. The molecule has 3 heteroatoms. The first-order chi connectivity index (χ1) is 5.68. The van der Waals surface area contributed by atoms with Gasteiger partial charge in [-0.1, -0.05) is 26.0 Å². The van der Waals surface area contributed by atoms with Crippen LogP contribution in [0.5, 0.6) is 0 Å². The van der Waals surface area contributed by atoms with E-state index < -0.39 is 7.37 Å². The summed E-state index contributed by atoms with van der Waals surface area (Å²) >= 11 is 0. The Morgan fingerprint density at radius 1 is 1.17 bits per heavy atom. The molecule has 0 unspecified atom stereocenters. The first-order valence-corrected chi connectivity index (χ1v) is 5.95. The van der Waals surface area contributed by atoms with Crippen molar-refractivity contribution in [2.24, 2.45) is 0 Å². The van der Waals surface area contributed by atoms with Crippen LogP contribution in [0.15, 0.2) is 23.8 Å². The van der Waals surface area contributed by atoms with E-state index in [9.17, 15) is 4.57 Å². The lowest BCUT2D eigenvalue weighted by Crippen LogP contribution is -1.75. The second-order valence-electron chi connectivity index (χ2n) is 2.41. The van der Waals surface area contributed by atoms with Crippen LogP contribution in [0, 0.1) is 0 Å². The van der Waals surface area contributed by atoms with Crippen LogP contribution in [-0.2, 0) is 9.09 Å². The topological polar surface area (TPSA) is 26.3 Å². The van der Waals surface area contributed by atoms with Gasteiger partial charge in [0.25, 0.3) is 0 Å². The minimum Gasteiger partial charge on any atom is -0.326 e. The van der Waals surface area contributed by atoms with Gasteiger partial charge in [0.2, 0.25) is 7.37 Å². The Balaban J connectivity index is 4.35. The first-order valence-electron chi connectivity index (χ1n) is 4.19. The Morgan fingerprint density at radius 3 is 1.83 bits per heavy atom. The van der Waals surface area contributed by atoms with Crippen LogP contribution in [-0.4, -0.2) is 7.11 Å².